The molecular formula is C10H9F4NO2S. The van der Waals surface area contributed by atoms with Crippen LogP contribution < -0.4 is 5.73 Å². The first-order valence-corrected chi connectivity index (χ1v) is 5.67. The van der Waals surface area contributed by atoms with Crippen molar-refractivity contribution in [2.75, 3.05) is 11.5 Å². The van der Waals surface area contributed by atoms with Gasteiger partial charge in [0.25, 0.3) is 0 Å². The lowest BCUT2D eigenvalue weighted by atomic mass is 10.2. The molecule has 0 bridgehead atoms. The van der Waals surface area contributed by atoms with Crippen LogP contribution in [0.2, 0.25) is 0 Å². The molecular weight excluding hydrogens is 274 g/mol. The third-order valence-electron chi connectivity index (χ3n) is 2.07. The molecule has 0 radical (unpaired) electrons. The molecule has 1 rings (SSSR count). The number of hydrogen-bond acceptors (Lipinski definition) is 3. The second-order valence-electron chi connectivity index (χ2n) is 3.43. The number of rotatable bonds is 4. The van der Waals surface area contributed by atoms with Crippen molar-refractivity contribution in [1.29, 1.82) is 0 Å². The van der Waals surface area contributed by atoms with Crippen LogP contribution in [0.25, 0.3) is 0 Å². The Morgan fingerprint density at radius 1 is 1.44 bits per heavy atom. The Kier molecular flexibility index (Phi) is 4.44. The van der Waals surface area contributed by atoms with Crippen LogP contribution in [0.4, 0.5) is 23.2 Å². The maximum atomic E-state index is 12.9. The fourth-order valence-corrected chi connectivity index (χ4v) is 2.22. The van der Waals surface area contributed by atoms with Crippen molar-refractivity contribution in [3.05, 3.63) is 24.0 Å². The van der Waals surface area contributed by atoms with Crippen LogP contribution in [0.5, 0.6) is 0 Å². The van der Waals surface area contributed by atoms with Crippen molar-refractivity contribution in [3.8, 4) is 0 Å². The van der Waals surface area contributed by atoms with E-state index in [4.69, 9.17) is 10.8 Å². The summed E-state index contributed by atoms with van der Waals surface area (Å²) in [5.74, 6) is -5.88. The zero-order chi connectivity index (χ0) is 13.9. The van der Waals surface area contributed by atoms with Crippen LogP contribution in [0, 0.1) is 11.7 Å². The van der Waals surface area contributed by atoms with Crippen LogP contribution in [0.3, 0.4) is 0 Å². The lowest BCUT2D eigenvalue weighted by Crippen LogP contribution is -2.32. The minimum atomic E-state index is -4.85. The summed E-state index contributed by atoms with van der Waals surface area (Å²) in [7, 11) is 0. The summed E-state index contributed by atoms with van der Waals surface area (Å²) in [4.78, 5) is 10.6. The molecule has 1 atom stereocenters. The number of thioether (sulfide) groups is 1. The van der Waals surface area contributed by atoms with E-state index in [0.717, 1.165) is 12.1 Å². The number of aliphatic carboxylic acids is 1. The Morgan fingerprint density at radius 3 is 2.56 bits per heavy atom. The molecule has 0 aliphatic heterocycles. The SMILES string of the molecule is Nc1ccc(F)cc1SCC(C(=O)O)C(F)(F)F. The van der Waals surface area contributed by atoms with Crippen molar-refractivity contribution >= 4 is 23.4 Å². The molecule has 8 heteroatoms. The maximum absolute atomic E-state index is 12.9. The summed E-state index contributed by atoms with van der Waals surface area (Å²) in [6.07, 6.45) is -4.85. The number of alkyl halides is 3. The predicted molar refractivity (Wildman–Crippen MR) is 58.7 cm³/mol. The van der Waals surface area contributed by atoms with Crippen molar-refractivity contribution in [2.24, 2.45) is 5.92 Å². The van der Waals surface area contributed by atoms with Gasteiger partial charge in [-0.2, -0.15) is 13.2 Å². The molecule has 1 aromatic carbocycles. The van der Waals surface area contributed by atoms with E-state index in [0.29, 0.717) is 11.8 Å². The molecule has 0 saturated carbocycles. The Balaban J connectivity index is 2.79. The van der Waals surface area contributed by atoms with Gasteiger partial charge in [0.1, 0.15) is 5.82 Å². The Bertz CT molecular complexity index is 450. The molecule has 0 spiro atoms. The molecule has 18 heavy (non-hydrogen) atoms. The lowest BCUT2D eigenvalue weighted by molar-refractivity contribution is -0.188. The Labute approximate surface area is 104 Å². The average molecular weight is 283 g/mol. The molecule has 3 N–H and O–H groups in total. The number of carbonyl (C=O) groups is 1. The molecule has 0 aromatic heterocycles. The molecule has 0 aliphatic carbocycles. The normalized spacial score (nSPS) is 13.3. The molecule has 1 aromatic rings. The predicted octanol–water partition coefficient (Wildman–Crippen LogP) is 2.76. The van der Waals surface area contributed by atoms with E-state index < -0.39 is 29.6 Å². The Hall–Kier alpha value is -1.44. The molecule has 3 nitrogen and oxygen atoms in total. The number of carboxylic acid groups (broad SMARTS) is 1. The van der Waals surface area contributed by atoms with E-state index >= 15 is 0 Å². The van der Waals surface area contributed by atoms with Crippen LogP contribution in [0.1, 0.15) is 0 Å². The largest absolute Gasteiger partial charge is 0.481 e. The van der Waals surface area contributed by atoms with E-state index in [2.05, 4.69) is 0 Å². The molecule has 0 saturated heterocycles. The highest BCUT2D eigenvalue weighted by Crippen LogP contribution is 2.34. The summed E-state index contributed by atoms with van der Waals surface area (Å²) in [6.45, 7) is 0. The van der Waals surface area contributed by atoms with E-state index in [1.54, 1.807) is 0 Å². The van der Waals surface area contributed by atoms with Crippen molar-refractivity contribution in [1.82, 2.24) is 0 Å². The van der Waals surface area contributed by atoms with Crippen LogP contribution in [0.15, 0.2) is 23.1 Å². The van der Waals surface area contributed by atoms with Crippen molar-refractivity contribution in [2.45, 2.75) is 11.1 Å². The minimum absolute atomic E-state index is 0.0884. The zero-order valence-corrected chi connectivity index (χ0v) is 9.69. The highest BCUT2D eigenvalue weighted by Gasteiger charge is 2.44. The summed E-state index contributed by atoms with van der Waals surface area (Å²) >= 11 is 0.559. The first-order chi connectivity index (χ1) is 8.21. The van der Waals surface area contributed by atoms with Gasteiger partial charge in [-0.1, -0.05) is 0 Å². The van der Waals surface area contributed by atoms with Crippen molar-refractivity contribution in [3.63, 3.8) is 0 Å². The van der Waals surface area contributed by atoms with E-state index in [9.17, 15) is 22.4 Å². The number of nitrogens with two attached hydrogens (primary N) is 1. The van der Waals surface area contributed by atoms with Crippen molar-refractivity contribution < 1.29 is 27.5 Å². The number of hydrogen-bond donors (Lipinski definition) is 2. The van der Waals surface area contributed by atoms with Gasteiger partial charge in [-0.3, -0.25) is 4.79 Å². The second-order valence-corrected chi connectivity index (χ2v) is 4.49. The molecule has 0 heterocycles. The topological polar surface area (TPSA) is 63.3 Å². The van der Waals surface area contributed by atoms with Crippen LogP contribution in [-0.4, -0.2) is 23.0 Å². The highest BCUT2D eigenvalue weighted by molar-refractivity contribution is 7.99. The number of carboxylic acids is 1. The minimum Gasteiger partial charge on any atom is -0.481 e. The summed E-state index contributed by atoms with van der Waals surface area (Å²) < 4.78 is 49.9. The molecule has 1 unspecified atom stereocenters. The van der Waals surface area contributed by atoms with Gasteiger partial charge < -0.3 is 10.8 Å². The summed E-state index contributed by atoms with van der Waals surface area (Å²) in [6, 6.07) is 3.24. The van der Waals surface area contributed by atoms with Gasteiger partial charge in [-0.05, 0) is 18.2 Å². The molecule has 0 aliphatic rings. The molecule has 0 fully saturated rings. The van der Waals surface area contributed by atoms with Gasteiger partial charge in [-0.15, -0.1) is 11.8 Å². The van der Waals surface area contributed by atoms with Crippen LogP contribution in [-0.2, 0) is 4.79 Å². The first-order valence-electron chi connectivity index (χ1n) is 4.69. The van der Waals surface area contributed by atoms with Gasteiger partial charge in [0, 0.05) is 16.3 Å². The second kappa shape index (κ2) is 5.47. The van der Waals surface area contributed by atoms with Gasteiger partial charge in [0.15, 0.2) is 5.92 Å². The first kappa shape index (κ1) is 14.6. The summed E-state index contributed by atoms with van der Waals surface area (Å²) in [5.41, 5.74) is 5.55. The van der Waals surface area contributed by atoms with Gasteiger partial charge in [0.2, 0.25) is 0 Å². The smallest absolute Gasteiger partial charge is 0.403 e. The fourth-order valence-electron chi connectivity index (χ4n) is 1.11. The Morgan fingerprint density at radius 2 is 2.06 bits per heavy atom. The third kappa shape index (κ3) is 3.80. The van der Waals surface area contributed by atoms with E-state index in [-0.39, 0.29) is 10.6 Å². The van der Waals surface area contributed by atoms with Gasteiger partial charge in [-0.25, -0.2) is 4.39 Å². The maximum Gasteiger partial charge on any atom is 0.403 e. The number of anilines is 1. The number of nitrogen functional groups attached to an aromatic ring is 1. The fraction of sp³-hybridized carbons (Fsp3) is 0.300. The number of halogens is 4. The summed E-state index contributed by atoms with van der Waals surface area (Å²) in [5, 5.41) is 8.47. The average Bonchev–Trinajstić information content (AvgIpc) is 2.20. The number of benzene rings is 1. The lowest BCUT2D eigenvalue weighted by Gasteiger charge is -2.15. The highest BCUT2D eigenvalue weighted by atomic mass is 32.2. The third-order valence-corrected chi connectivity index (χ3v) is 3.24. The molecule has 0 amide bonds. The molecule has 100 valence electrons. The standard InChI is InChI=1S/C10H9F4NO2S/c11-5-1-2-7(15)8(3-5)18-4-6(9(16)17)10(12,13)14/h1-3,6H,4,15H2,(H,16,17). The van der Waals surface area contributed by atoms with E-state index in [1.165, 1.54) is 6.07 Å². The van der Waals surface area contributed by atoms with Gasteiger partial charge in [0.05, 0.1) is 0 Å². The van der Waals surface area contributed by atoms with E-state index in [1.807, 2.05) is 0 Å². The zero-order valence-electron chi connectivity index (χ0n) is 8.87. The van der Waals surface area contributed by atoms with Gasteiger partial charge >= 0.3 is 12.1 Å². The monoisotopic (exact) mass is 283 g/mol. The van der Waals surface area contributed by atoms with Crippen LogP contribution >= 0.6 is 11.8 Å². The quantitative estimate of drug-likeness (QED) is 0.506.